The van der Waals surface area contributed by atoms with E-state index in [1.807, 2.05) is 12.1 Å². The van der Waals surface area contributed by atoms with Gasteiger partial charge in [-0.1, -0.05) is 76.8 Å². The molecule has 0 heterocycles. The van der Waals surface area contributed by atoms with Crippen LogP contribution >= 0.6 is 7.82 Å². The van der Waals surface area contributed by atoms with Crippen LogP contribution in [0.3, 0.4) is 0 Å². The van der Waals surface area contributed by atoms with Gasteiger partial charge in [0.1, 0.15) is 5.75 Å². The van der Waals surface area contributed by atoms with Crippen molar-refractivity contribution in [3.63, 3.8) is 0 Å². The van der Waals surface area contributed by atoms with Gasteiger partial charge in [0.05, 0.1) is 0 Å². The van der Waals surface area contributed by atoms with Crippen molar-refractivity contribution in [2.75, 3.05) is 0 Å². The number of hydrogen-bond acceptors (Lipinski definition) is 2. The van der Waals surface area contributed by atoms with E-state index >= 15 is 0 Å². The maximum Gasteiger partial charge on any atom is 1.00 e. The molecule has 1 aromatic rings. The number of unbranched alkanes of at least 4 members (excludes halogenated alkanes) is 9. The van der Waals surface area contributed by atoms with Crippen LogP contribution in [0.2, 0.25) is 0 Å². The molecule has 4 nitrogen and oxygen atoms in total. The summed E-state index contributed by atoms with van der Waals surface area (Å²) in [6.45, 7) is 2.25. The van der Waals surface area contributed by atoms with Crippen molar-refractivity contribution in [1.29, 1.82) is 0 Å². The van der Waals surface area contributed by atoms with Gasteiger partial charge in [0.15, 0.2) is 0 Å². The Morgan fingerprint density at radius 3 is 1.79 bits per heavy atom. The molecule has 0 spiro atoms. The fourth-order valence-electron chi connectivity index (χ4n) is 2.67. The van der Waals surface area contributed by atoms with E-state index in [4.69, 9.17) is 9.79 Å². The average molecular weight is 366 g/mol. The van der Waals surface area contributed by atoms with E-state index in [0.29, 0.717) is 0 Å². The second-order valence-electron chi connectivity index (χ2n) is 6.16. The summed E-state index contributed by atoms with van der Waals surface area (Å²) in [6, 6.07) is 6.98. The molecule has 0 radical (unpaired) electrons. The van der Waals surface area contributed by atoms with E-state index in [9.17, 15) is 4.57 Å². The van der Waals surface area contributed by atoms with Crippen LogP contribution in [-0.4, -0.2) is 9.79 Å². The first-order valence-electron chi connectivity index (χ1n) is 8.85. The van der Waals surface area contributed by atoms with E-state index in [1.165, 1.54) is 63.4 Å². The van der Waals surface area contributed by atoms with E-state index < -0.39 is 7.82 Å². The predicted octanol–water partition coefficient (Wildman–Crippen LogP) is 2.74. The standard InChI is InChI=1S/C18H31O4P.Na.H/c1-2-3-4-5-6-7-8-9-10-11-12-17-13-15-18(16-14-17)22-23(19,20)21;;/h13-16H,2-12H2,1H3,(H2,19,20,21);;/q;+1;-1. The molecule has 134 valence electrons. The molecule has 0 fully saturated rings. The van der Waals surface area contributed by atoms with Gasteiger partial charge in [0.2, 0.25) is 0 Å². The Hall–Kier alpha value is 0.170. The van der Waals surface area contributed by atoms with Crippen LogP contribution in [0.5, 0.6) is 5.75 Å². The molecule has 0 aromatic heterocycles. The SMILES string of the molecule is CCCCCCCCCCCCc1ccc(OP(=O)(O)O)cc1.[H-].[Na+]. The molecule has 1 rings (SSSR count). The third-order valence-corrected chi connectivity index (χ3v) is 4.42. The number of phosphoric acid groups is 1. The molecule has 0 unspecified atom stereocenters. The topological polar surface area (TPSA) is 66.8 Å². The van der Waals surface area contributed by atoms with Gasteiger partial charge in [-0.05, 0) is 30.5 Å². The number of benzene rings is 1. The predicted molar refractivity (Wildman–Crippen MR) is 95.8 cm³/mol. The molecule has 0 aliphatic heterocycles. The zero-order valence-electron chi connectivity index (χ0n) is 16.2. The van der Waals surface area contributed by atoms with Crippen molar-refractivity contribution < 1.29 is 49.9 Å². The molecule has 0 aliphatic rings. The van der Waals surface area contributed by atoms with Crippen LogP contribution in [0, 0.1) is 0 Å². The number of rotatable bonds is 13. The first kappa shape index (κ1) is 24.2. The van der Waals surface area contributed by atoms with E-state index in [-0.39, 0.29) is 36.7 Å². The summed E-state index contributed by atoms with van der Waals surface area (Å²) < 4.78 is 15.3. The Kier molecular flexibility index (Phi) is 14.5. The van der Waals surface area contributed by atoms with Crippen molar-refractivity contribution >= 4 is 7.82 Å². The zero-order valence-corrected chi connectivity index (χ0v) is 18.1. The van der Waals surface area contributed by atoms with E-state index in [0.717, 1.165) is 12.8 Å². The summed E-state index contributed by atoms with van der Waals surface area (Å²) in [5, 5.41) is 0. The Labute approximate surface area is 170 Å². The Morgan fingerprint density at radius 1 is 0.875 bits per heavy atom. The molecule has 0 saturated heterocycles. The first-order chi connectivity index (χ1) is 11.0. The minimum atomic E-state index is -4.45. The summed E-state index contributed by atoms with van der Waals surface area (Å²) in [4.78, 5) is 17.5. The van der Waals surface area contributed by atoms with Gasteiger partial charge in [-0.25, -0.2) is 4.57 Å². The molecule has 0 saturated carbocycles. The van der Waals surface area contributed by atoms with Crippen molar-refractivity contribution in [2.24, 2.45) is 0 Å². The zero-order chi connectivity index (χ0) is 17.0. The third kappa shape index (κ3) is 13.5. The van der Waals surface area contributed by atoms with Crippen LogP contribution in [0.4, 0.5) is 0 Å². The second kappa shape index (κ2) is 14.4. The van der Waals surface area contributed by atoms with Crippen molar-refractivity contribution in [2.45, 2.75) is 77.6 Å². The monoisotopic (exact) mass is 366 g/mol. The molecule has 1 aromatic carbocycles. The van der Waals surface area contributed by atoms with Crippen molar-refractivity contribution in [3.05, 3.63) is 29.8 Å². The summed E-state index contributed by atoms with van der Waals surface area (Å²) in [7, 11) is -4.45. The summed E-state index contributed by atoms with van der Waals surface area (Å²) in [6.07, 6.45) is 14.2. The van der Waals surface area contributed by atoms with Gasteiger partial charge in [0.25, 0.3) is 0 Å². The third-order valence-electron chi connectivity index (χ3n) is 3.97. The summed E-state index contributed by atoms with van der Waals surface area (Å²) in [5.74, 6) is 0.213. The molecular weight excluding hydrogens is 334 g/mol. The molecular formula is C18H32NaO4P. The smallest absolute Gasteiger partial charge is 1.00 e. The van der Waals surface area contributed by atoms with Crippen molar-refractivity contribution in [1.82, 2.24) is 0 Å². The van der Waals surface area contributed by atoms with Gasteiger partial charge in [0, 0.05) is 0 Å². The fourth-order valence-corrected chi connectivity index (χ4v) is 3.07. The number of hydrogen-bond donors (Lipinski definition) is 2. The largest absolute Gasteiger partial charge is 1.00 e. The van der Waals surface area contributed by atoms with Gasteiger partial charge >= 0.3 is 37.4 Å². The number of phosphoric ester groups is 1. The Balaban J connectivity index is 0. The van der Waals surface area contributed by atoms with Crippen molar-refractivity contribution in [3.8, 4) is 5.75 Å². The van der Waals surface area contributed by atoms with Gasteiger partial charge in [-0.2, -0.15) is 0 Å². The normalized spacial score (nSPS) is 11.1. The maximum absolute atomic E-state index is 10.7. The van der Waals surface area contributed by atoms with Crippen LogP contribution in [-0.2, 0) is 11.0 Å². The van der Waals surface area contributed by atoms with Crippen LogP contribution in [0.1, 0.15) is 78.1 Å². The number of aryl methyl sites for hydroxylation is 1. The Morgan fingerprint density at radius 2 is 1.33 bits per heavy atom. The Bertz CT molecular complexity index is 465. The molecule has 0 bridgehead atoms. The van der Waals surface area contributed by atoms with E-state index in [2.05, 4.69) is 11.4 Å². The van der Waals surface area contributed by atoms with Crippen LogP contribution < -0.4 is 34.1 Å². The molecule has 0 aliphatic carbocycles. The minimum Gasteiger partial charge on any atom is -1.00 e. The molecule has 0 atom stereocenters. The summed E-state index contributed by atoms with van der Waals surface area (Å²) >= 11 is 0. The molecule has 0 amide bonds. The van der Waals surface area contributed by atoms with Gasteiger partial charge in [-0.3, -0.25) is 9.79 Å². The first-order valence-corrected chi connectivity index (χ1v) is 10.4. The molecule has 2 N–H and O–H groups in total. The van der Waals surface area contributed by atoms with Gasteiger partial charge in [-0.15, -0.1) is 0 Å². The van der Waals surface area contributed by atoms with Crippen LogP contribution in [0.25, 0.3) is 0 Å². The molecule has 24 heavy (non-hydrogen) atoms. The average Bonchev–Trinajstić information content (AvgIpc) is 2.49. The fraction of sp³-hybridized carbons (Fsp3) is 0.667. The minimum absolute atomic E-state index is 0. The maximum atomic E-state index is 10.7. The van der Waals surface area contributed by atoms with Crippen LogP contribution in [0.15, 0.2) is 24.3 Å². The second-order valence-corrected chi connectivity index (χ2v) is 7.32. The van der Waals surface area contributed by atoms with E-state index in [1.54, 1.807) is 12.1 Å². The summed E-state index contributed by atoms with van der Waals surface area (Å²) in [5.41, 5.74) is 1.18. The quantitative estimate of drug-likeness (QED) is 0.320. The van der Waals surface area contributed by atoms with Gasteiger partial charge < -0.3 is 5.95 Å². The molecule has 6 heteroatoms.